The highest BCUT2D eigenvalue weighted by Crippen LogP contribution is 2.25. The Morgan fingerprint density at radius 2 is 2.05 bits per heavy atom. The van der Waals surface area contributed by atoms with Crippen molar-refractivity contribution in [1.82, 2.24) is 14.9 Å². The number of rotatable bonds is 3. The van der Waals surface area contributed by atoms with Crippen LogP contribution in [0.3, 0.4) is 0 Å². The highest BCUT2D eigenvalue weighted by Gasteiger charge is 2.25. The van der Waals surface area contributed by atoms with Gasteiger partial charge in [-0.15, -0.1) is 0 Å². The van der Waals surface area contributed by atoms with Crippen molar-refractivity contribution in [2.75, 3.05) is 37.8 Å². The van der Waals surface area contributed by atoms with Crippen LogP contribution in [0.4, 0.5) is 11.8 Å². The first kappa shape index (κ1) is 14.1. The maximum absolute atomic E-state index is 4.62. The zero-order valence-electron chi connectivity index (χ0n) is 12.9. The number of anilines is 2. The van der Waals surface area contributed by atoms with E-state index in [2.05, 4.69) is 45.5 Å². The summed E-state index contributed by atoms with van der Waals surface area (Å²) in [5.41, 5.74) is 0.972. The van der Waals surface area contributed by atoms with E-state index in [9.17, 15) is 0 Å². The number of para-hydroxylation sites is 1. The maximum atomic E-state index is 4.62. The van der Waals surface area contributed by atoms with E-state index in [1.165, 1.54) is 0 Å². The van der Waals surface area contributed by atoms with Gasteiger partial charge in [0.2, 0.25) is 5.95 Å². The monoisotopic (exact) mass is 285 g/mol. The highest BCUT2D eigenvalue weighted by molar-refractivity contribution is 5.90. The zero-order valence-corrected chi connectivity index (χ0v) is 12.9. The number of likely N-dealkylation sites (tertiary alicyclic amines) is 1. The largest absolute Gasteiger partial charge is 0.366 e. The minimum atomic E-state index is 0.462. The van der Waals surface area contributed by atoms with E-state index in [0.717, 1.165) is 36.2 Å². The summed E-state index contributed by atoms with van der Waals surface area (Å²) in [4.78, 5) is 11.5. The van der Waals surface area contributed by atoms with Gasteiger partial charge in [-0.3, -0.25) is 0 Å². The second-order valence-corrected chi connectivity index (χ2v) is 5.94. The number of benzene rings is 1. The molecule has 2 atom stereocenters. The second-order valence-electron chi connectivity index (χ2n) is 5.94. The van der Waals surface area contributed by atoms with Gasteiger partial charge in [0.25, 0.3) is 0 Å². The van der Waals surface area contributed by atoms with Gasteiger partial charge in [-0.1, -0.05) is 19.1 Å². The van der Waals surface area contributed by atoms with Crippen molar-refractivity contribution in [3.05, 3.63) is 24.3 Å². The molecule has 0 amide bonds. The lowest BCUT2D eigenvalue weighted by molar-refractivity contribution is 0.206. The molecule has 1 aromatic carbocycles. The average Bonchev–Trinajstić information content (AvgIpc) is 2.49. The van der Waals surface area contributed by atoms with E-state index in [0.29, 0.717) is 17.9 Å². The fraction of sp³-hybridized carbons (Fsp3) is 0.500. The van der Waals surface area contributed by atoms with Crippen LogP contribution >= 0.6 is 0 Å². The standard InChI is InChI=1S/C16H23N5/c1-11-10-21(3)9-8-13(11)18-15-12-6-4-5-7-14(12)19-16(17-2)20-15/h4-7,11,13H,8-10H2,1-3H3,(H2,17,18,19,20). The van der Waals surface area contributed by atoms with Gasteiger partial charge in [0.15, 0.2) is 0 Å². The lowest BCUT2D eigenvalue weighted by Crippen LogP contribution is -2.43. The smallest absolute Gasteiger partial charge is 0.224 e. The molecule has 2 heterocycles. The Kier molecular flexibility index (Phi) is 3.92. The molecule has 5 heteroatoms. The molecule has 2 unspecified atom stereocenters. The van der Waals surface area contributed by atoms with Crippen LogP contribution in [0, 0.1) is 5.92 Å². The van der Waals surface area contributed by atoms with Gasteiger partial charge < -0.3 is 15.5 Å². The predicted octanol–water partition coefficient (Wildman–Crippen LogP) is 2.42. The molecule has 2 aromatic rings. The molecule has 3 rings (SSSR count). The van der Waals surface area contributed by atoms with E-state index >= 15 is 0 Å². The number of aromatic nitrogens is 2. The molecule has 1 fully saturated rings. The van der Waals surface area contributed by atoms with Gasteiger partial charge in [-0.2, -0.15) is 4.98 Å². The summed E-state index contributed by atoms with van der Waals surface area (Å²) in [6, 6.07) is 8.62. The van der Waals surface area contributed by atoms with E-state index in [1.807, 2.05) is 25.2 Å². The van der Waals surface area contributed by atoms with Crippen LogP contribution in [-0.4, -0.2) is 48.1 Å². The molecule has 5 nitrogen and oxygen atoms in total. The number of nitrogens with zero attached hydrogens (tertiary/aromatic N) is 3. The summed E-state index contributed by atoms with van der Waals surface area (Å²) in [6.07, 6.45) is 1.14. The first-order valence-corrected chi connectivity index (χ1v) is 7.57. The van der Waals surface area contributed by atoms with Gasteiger partial charge in [0, 0.05) is 25.0 Å². The topological polar surface area (TPSA) is 53.1 Å². The molecule has 0 saturated carbocycles. The molecule has 1 aliphatic rings. The van der Waals surface area contributed by atoms with Crippen molar-refractivity contribution in [2.24, 2.45) is 5.92 Å². The zero-order chi connectivity index (χ0) is 14.8. The van der Waals surface area contributed by atoms with Gasteiger partial charge in [-0.25, -0.2) is 4.98 Å². The Bertz CT molecular complexity index is 627. The molecule has 0 aliphatic carbocycles. The van der Waals surface area contributed by atoms with Crippen molar-refractivity contribution >= 4 is 22.7 Å². The third-order valence-electron chi connectivity index (χ3n) is 4.26. The molecule has 0 spiro atoms. The SMILES string of the molecule is CNc1nc(NC2CCN(C)CC2C)c2ccccc2n1. The Morgan fingerprint density at radius 3 is 2.81 bits per heavy atom. The molecule has 1 aromatic heterocycles. The molecule has 112 valence electrons. The third kappa shape index (κ3) is 2.93. The summed E-state index contributed by atoms with van der Waals surface area (Å²) in [7, 11) is 4.04. The highest BCUT2D eigenvalue weighted by atomic mass is 15.2. The number of nitrogens with one attached hydrogen (secondary N) is 2. The van der Waals surface area contributed by atoms with Crippen molar-refractivity contribution in [1.29, 1.82) is 0 Å². The van der Waals surface area contributed by atoms with E-state index in [-0.39, 0.29) is 0 Å². The quantitative estimate of drug-likeness (QED) is 0.907. The summed E-state index contributed by atoms with van der Waals surface area (Å²) in [5, 5.41) is 7.78. The predicted molar refractivity (Wildman–Crippen MR) is 87.8 cm³/mol. The molecular weight excluding hydrogens is 262 g/mol. The molecular formula is C16H23N5. The summed E-state index contributed by atoms with van der Waals surface area (Å²) in [5.74, 6) is 2.21. The first-order chi connectivity index (χ1) is 10.2. The van der Waals surface area contributed by atoms with Crippen LogP contribution in [0.25, 0.3) is 10.9 Å². The summed E-state index contributed by atoms with van der Waals surface area (Å²) in [6.45, 7) is 4.55. The molecule has 0 radical (unpaired) electrons. The fourth-order valence-electron chi connectivity index (χ4n) is 3.04. The third-order valence-corrected chi connectivity index (χ3v) is 4.26. The molecule has 1 aliphatic heterocycles. The number of hydrogen-bond acceptors (Lipinski definition) is 5. The van der Waals surface area contributed by atoms with E-state index < -0.39 is 0 Å². The van der Waals surface area contributed by atoms with E-state index in [1.54, 1.807) is 0 Å². The fourth-order valence-corrected chi connectivity index (χ4v) is 3.04. The molecule has 2 N–H and O–H groups in total. The summed E-state index contributed by atoms with van der Waals surface area (Å²) >= 11 is 0. The van der Waals surface area contributed by atoms with Crippen LogP contribution in [0.2, 0.25) is 0 Å². The van der Waals surface area contributed by atoms with Gasteiger partial charge in [-0.05, 0) is 38.1 Å². The van der Waals surface area contributed by atoms with Gasteiger partial charge in [0.05, 0.1) is 5.52 Å². The number of fused-ring (bicyclic) bond motifs is 1. The minimum Gasteiger partial charge on any atom is -0.366 e. The molecule has 21 heavy (non-hydrogen) atoms. The van der Waals surface area contributed by atoms with Crippen LogP contribution in [0.1, 0.15) is 13.3 Å². The Labute approximate surface area is 125 Å². The lowest BCUT2D eigenvalue weighted by Gasteiger charge is -2.35. The van der Waals surface area contributed by atoms with Crippen LogP contribution < -0.4 is 10.6 Å². The minimum absolute atomic E-state index is 0.462. The van der Waals surface area contributed by atoms with Gasteiger partial charge >= 0.3 is 0 Å². The van der Waals surface area contributed by atoms with Crippen LogP contribution in [0.5, 0.6) is 0 Å². The summed E-state index contributed by atoms with van der Waals surface area (Å²) < 4.78 is 0. The second kappa shape index (κ2) is 5.85. The lowest BCUT2D eigenvalue weighted by atomic mass is 9.94. The Morgan fingerprint density at radius 1 is 1.24 bits per heavy atom. The normalized spacial score (nSPS) is 23.2. The maximum Gasteiger partial charge on any atom is 0.224 e. The molecule has 0 bridgehead atoms. The van der Waals surface area contributed by atoms with Crippen molar-refractivity contribution in [3.8, 4) is 0 Å². The van der Waals surface area contributed by atoms with Gasteiger partial charge in [0.1, 0.15) is 5.82 Å². The first-order valence-electron chi connectivity index (χ1n) is 7.57. The Balaban J connectivity index is 1.92. The average molecular weight is 285 g/mol. The van der Waals surface area contributed by atoms with Crippen molar-refractivity contribution in [3.63, 3.8) is 0 Å². The number of hydrogen-bond donors (Lipinski definition) is 2. The van der Waals surface area contributed by atoms with E-state index in [4.69, 9.17) is 0 Å². The molecule has 1 saturated heterocycles. The van der Waals surface area contributed by atoms with Crippen molar-refractivity contribution < 1.29 is 0 Å². The Hall–Kier alpha value is -1.88. The van der Waals surface area contributed by atoms with Crippen LogP contribution in [-0.2, 0) is 0 Å². The van der Waals surface area contributed by atoms with Crippen LogP contribution in [0.15, 0.2) is 24.3 Å². The van der Waals surface area contributed by atoms with Crippen molar-refractivity contribution in [2.45, 2.75) is 19.4 Å². The number of piperidine rings is 1.